The molecular formula is C32H33F2N5O2. The second kappa shape index (κ2) is 11.0. The van der Waals surface area contributed by atoms with E-state index in [1.165, 1.54) is 34.9 Å². The second-order valence-corrected chi connectivity index (χ2v) is 11.2. The summed E-state index contributed by atoms with van der Waals surface area (Å²) in [6, 6.07) is 16.6. The lowest BCUT2D eigenvalue weighted by Crippen LogP contribution is -2.64. The predicted molar refractivity (Wildman–Crippen MR) is 156 cm³/mol. The van der Waals surface area contributed by atoms with E-state index in [4.69, 9.17) is 6.57 Å². The molecule has 7 nitrogen and oxygen atoms in total. The Kier molecular flexibility index (Phi) is 7.64. The van der Waals surface area contributed by atoms with E-state index in [1.807, 2.05) is 20.8 Å². The van der Waals surface area contributed by atoms with Crippen LogP contribution in [0.1, 0.15) is 37.9 Å². The number of pyridine rings is 2. The van der Waals surface area contributed by atoms with Gasteiger partial charge in [0.25, 0.3) is 11.4 Å². The van der Waals surface area contributed by atoms with E-state index in [0.29, 0.717) is 36.4 Å². The molecule has 4 aromatic rings. The molecule has 2 unspecified atom stereocenters. The van der Waals surface area contributed by atoms with Gasteiger partial charge in [-0.2, -0.15) is 0 Å². The molecule has 212 valence electrons. The smallest absolute Gasteiger partial charge is 0.270 e. The quantitative estimate of drug-likeness (QED) is 0.320. The molecule has 2 atom stereocenters. The molecule has 0 radical (unpaired) electrons. The standard InChI is InChI=1S/C32H33F2N5O2/c1-20(2)32(3,41)27-19-38(26-18-29(40)37(5)25-14-15-28(35-4)36-30(25)26)16-17-39(27)31(21-6-10-23(33)11-7-21)22-8-12-24(34)13-9-22/h6-15,18,20,27,31,41H,16-17,19H2,1-3,5H3. The van der Waals surface area contributed by atoms with Crippen molar-refractivity contribution in [1.82, 2.24) is 14.5 Å². The van der Waals surface area contributed by atoms with Gasteiger partial charge < -0.3 is 19.4 Å². The maximum atomic E-state index is 13.9. The maximum absolute atomic E-state index is 13.9. The van der Waals surface area contributed by atoms with Gasteiger partial charge in [0, 0.05) is 32.7 Å². The number of aryl methyl sites for hydroxylation is 1. The van der Waals surface area contributed by atoms with Crippen LogP contribution in [0.15, 0.2) is 71.5 Å². The van der Waals surface area contributed by atoms with Gasteiger partial charge >= 0.3 is 0 Å². The zero-order valence-corrected chi connectivity index (χ0v) is 23.6. The van der Waals surface area contributed by atoms with E-state index in [0.717, 1.165) is 11.1 Å². The monoisotopic (exact) mass is 557 g/mol. The Labute approximate surface area is 238 Å². The van der Waals surface area contributed by atoms with Gasteiger partial charge in [0.1, 0.15) is 11.6 Å². The third-order valence-electron chi connectivity index (χ3n) is 8.48. The molecular weight excluding hydrogens is 524 g/mol. The van der Waals surface area contributed by atoms with Crippen LogP contribution in [0.4, 0.5) is 20.3 Å². The fraction of sp³-hybridized carbons (Fsp3) is 0.344. The minimum absolute atomic E-state index is 0.135. The minimum Gasteiger partial charge on any atom is -0.388 e. The molecule has 1 saturated heterocycles. The number of anilines is 1. The fourth-order valence-electron chi connectivity index (χ4n) is 5.70. The van der Waals surface area contributed by atoms with Gasteiger partial charge in [-0.05, 0) is 60.4 Å². The number of hydrogen-bond acceptors (Lipinski definition) is 5. The van der Waals surface area contributed by atoms with Crippen LogP contribution in [0.2, 0.25) is 0 Å². The Bertz CT molecular complexity index is 1610. The first-order valence-corrected chi connectivity index (χ1v) is 13.6. The number of rotatable bonds is 6. The summed E-state index contributed by atoms with van der Waals surface area (Å²) in [6.45, 7) is 14.5. The molecule has 9 heteroatoms. The molecule has 2 aromatic carbocycles. The number of nitrogens with zero attached hydrogens (tertiary/aromatic N) is 5. The van der Waals surface area contributed by atoms with Gasteiger partial charge in [-0.3, -0.25) is 9.69 Å². The van der Waals surface area contributed by atoms with E-state index in [1.54, 1.807) is 43.4 Å². The van der Waals surface area contributed by atoms with Crippen molar-refractivity contribution in [2.45, 2.75) is 38.5 Å². The van der Waals surface area contributed by atoms with Crippen LogP contribution in [0.3, 0.4) is 0 Å². The fourth-order valence-corrected chi connectivity index (χ4v) is 5.70. The number of aromatic nitrogens is 2. The Hall–Kier alpha value is -4.13. The molecule has 1 aliphatic heterocycles. The summed E-state index contributed by atoms with van der Waals surface area (Å²) >= 11 is 0. The van der Waals surface area contributed by atoms with Crippen molar-refractivity contribution in [2.75, 3.05) is 24.5 Å². The Morgan fingerprint density at radius 1 is 1.00 bits per heavy atom. The molecule has 41 heavy (non-hydrogen) atoms. The van der Waals surface area contributed by atoms with E-state index < -0.39 is 11.6 Å². The second-order valence-electron chi connectivity index (χ2n) is 11.2. The molecule has 0 saturated carbocycles. The molecule has 1 fully saturated rings. The molecule has 3 heterocycles. The van der Waals surface area contributed by atoms with Crippen molar-refractivity contribution in [3.8, 4) is 0 Å². The molecule has 2 aromatic heterocycles. The largest absolute Gasteiger partial charge is 0.388 e. The molecule has 0 amide bonds. The third-order valence-corrected chi connectivity index (χ3v) is 8.48. The van der Waals surface area contributed by atoms with E-state index >= 15 is 0 Å². The average molecular weight is 558 g/mol. The third kappa shape index (κ3) is 5.33. The highest BCUT2D eigenvalue weighted by molar-refractivity contribution is 5.89. The summed E-state index contributed by atoms with van der Waals surface area (Å²) in [5.74, 6) is -0.615. The number of benzene rings is 2. The number of fused-ring (bicyclic) bond motifs is 1. The number of hydrogen-bond donors (Lipinski definition) is 1. The minimum atomic E-state index is -1.18. The SMILES string of the molecule is [C-]#[N+]c1ccc2c(n1)c(N1CCN(C(c3ccc(F)cc3)c3ccc(F)cc3)C(C(C)(O)C(C)C)C1)cc(=O)n2C. The van der Waals surface area contributed by atoms with Crippen molar-refractivity contribution in [1.29, 1.82) is 0 Å². The molecule has 0 spiro atoms. The summed E-state index contributed by atoms with van der Waals surface area (Å²) < 4.78 is 29.4. The van der Waals surface area contributed by atoms with Crippen LogP contribution in [0, 0.1) is 24.1 Å². The van der Waals surface area contributed by atoms with Crippen molar-refractivity contribution < 1.29 is 13.9 Å². The van der Waals surface area contributed by atoms with Crippen LogP contribution in [0.5, 0.6) is 0 Å². The van der Waals surface area contributed by atoms with Gasteiger partial charge in [-0.25, -0.2) is 8.78 Å². The Balaban J connectivity index is 1.64. The van der Waals surface area contributed by atoms with Gasteiger partial charge in [0.05, 0.1) is 28.9 Å². The lowest BCUT2D eigenvalue weighted by atomic mass is 9.81. The van der Waals surface area contributed by atoms with Gasteiger partial charge in [0.15, 0.2) is 0 Å². The van der Waals surface area contributed by atoms with Crippen LogP contribution in [-0.2, 0) is 7.05 Å². The summed E-state index contributed by atoms with van der Waals surface area (Å²) in [5.41, 5.74) is 2.03. The molecule has 1 aliphatic rings. The number of piperazine rings is 1. The first kappa shape index (κ1) is 28.4. The zero-order chi connectivity index (χ0) is 29.5. The first-order chi connectivity index (χ1) is 19.5. The number of aliphatic hydroxyl groups is 1. The van der Waals surface area contributed by atoms with Crippen molar-refractivity contribution >= 4 is 22.5 Å². The molecule has 5 rings (SSSR count). The molecule has 0 aliphatic carbocycles. The van der Waals surface area contributed by atoms with Crippen LogP contribution in [0.25, 0.3) is 15.9 Å². The van der Waals surface area contributed by atoms with Gasteiger partial charge in [-0.15, -0.1) is 4.98 Å². The Morgan fingerprint density at radius 3 is 2.12 bits per heavy atom. The molecule has 0 bridgehead atoms. The van der Waals surface area contributed by atoms with Crippen LogP contribution in [-0.4, -0.2) is 50.8 Å². The lowest BCUT2D eigenvalue weighted by Gasteiger charge is -2.52. The van der Waals surface area contributed by atoms with E-state index in [9.17, 15) is 18.7 Å². The van der Waals surface area contributed by atoms with E-state index in [-0.39, 0.29) is 35.0 Å². The predicted octanol–water partition coefficient (Wildman–Crippen LogP) is 5.45. The summed E-state index contributed by atoms with van der Waals surface area (Å²) in [7, 11) is 1.67. The highest BCUT2D eigenvalue weighted by Crippen LogP contribution is 2.39. The van der Waals surface area contributed by atoms with Crippen molar-refractivity contribution in [3.63, 3.8) is 0 Å². The van der Waals surface area contributed by atoms with Gasteiger partial charge in [0.2, 0.25) is 5.52 Å². The average Bonchev–Trinajstić information content (AvgIpc) is 2.96. The van der Waals surface area contributed by atoms with Crippen LogP contribution < -0.4 is 10.5 Å². The zero-order valence-electron chi connectivity index (χ0n) is 23.6. The van der Waals surface area contributed by atoms with E-state index in [2.05, 4.69) is 19.6 Å². The number of halogens is 2. The first-order valence-electron chi connectivity index (χ1n) is 13.6. The lowest BCUT2D eigenvalue weighted by molar-refractivity contribution is -0.0783. The topological polar surface area (TPSA) is 66.0 Å². The highest BCUT2D eigenvalue weighted by Gasteiger charge is 2.45. The van der Waals surface area contributed by atoms with Crippen LogP contribution >= 0.6 is 0 Å². The maximum Gasteiger partial charge on any atom is 0.270 e. The summed E-state index contributed by atoms with van der Waals surface area (Å²) in [6.07, 6.45) is 0. The van der Waals surface area contributed by atoms with Gasteiger partial charge in [-0.1, -0.05) is 44.7 Å². The summed E-state index contributed by atoms with van der Waals surface area (Å²) in [4.78, 5) is 25.2. The molecule has 1 N–H and O–H groups in total. The summed E-state index contributed by atoms with van der Waals surface area (Å²) in [5, 5.41) is 12.0. The normalized spacial score (nSPS) is 17.7. The van der Waals surface area contributed by atoms with Crippen molar-refractivity contribution in [3.05, 3.63) is 111 Å². The van der Waals surface area contributed by atoms with Crippen molar-refractivity contribution in [2.24, 2.45) is 13.0 Å². The Morgan fingerprint density at radius 2 is 1.59 bits per heavy atom. The highest BCUT2D eigenvalue weighted by atomic mass is 19.1.